The minimum Gasteiger partial charge on any atom is -0.392 e. The minimum atomic E-state index is -0.420. The minimum absolute atomic E-state index is 0.000522. The Kier molecular flexibility index (Phi) is 4.40. The maximum Gasteiger partial charge on any atom is 0.142 e. The largest absolute Gasteiger partial charge is 0.392 e. The van der Waals surface area contributed by atoms with Crippen LogP contribution in [0.25, 0.3) is 0 Å². The lowest BCUT2D eigenvalue weighted by Gasteiger charge is -2.16. The van der Waals surface area contributed by atoms with Gasteiger partial charge in [-0.1, -0.05) is 29.8 Å². The molecule has 0 saturated heterocycles. The van der Waals surface area contributed by atoms with E-state index < -0.39 is 5.82 Å². The zero-order chi connectivity index (χ0) is 13.8. The summed E-state index contributed by atoms with van der Waals surface area (Å²) < 4.78 is 13.4. The van der Waals surface area contributed by atoms with Crippen LogP contribution >= 0.6 is 11.6 Å². The van der Waals surface area contributed by atoms with Crippen LogP contribution in [0.2, 0.25) is 5.02 Å². The molecule has 2 N–H and O–H groups in total. The van der Waals surface area contributed by atoms with E-state index in [9.17, 15) is 4.39 Å². The number of aliphatic hydroxyl groups is 1. The van der Waals surface area contributed by atoms with Gasteiger partial charge in [0.2, 0.25) is 0 Å². The molecule has 0 spiro atoms. The average molecular weight is 280 g/mol. The summed E-state index contributed by atoms with van der Waals surface area (Å²) in [5.41, 5.74) is 2.53. The van der Waals surface area contributed by atoms with Crippen LogP contribution in [0.4, 0.5) is 10.1 Å². The third kappa shape index (κ3) is 3.46. The van der Waals surface area contributed by atoms with Crippen LogP contribution in [0.15, 0.2) is 42.5 Å². The van der Waals surface area contributed by atoms with E-state index in [-0.39, 0.29) is 17.7 Å². The van der Waals surface area contributed by atoms with E-state index in [1.54, 1.807) is 12.1 Å². The molecule has 2 rings (SSSR count). The van der Waals surface area contributed by atoms with Crippen molar-refractivity contribution in [2.45, 2.75) is 19.6 Å². The van der Waals surface area contributed by atoms with Crippen molar-refractivity contribution in [1.82, 2.24) is 0 Å². The van der Waals surface area contributed by atoms with Crippen LogP contribution in [0.1, 0.15) is 24.1 Å². The molecule has 0 radical (unpaired) electrons. The molecular formula is C15H15ClFNO. The van der Waals surface area contributed by atoms with Crippen molar-refractivity contribution >= 4 is 17.3 Å². The fourth-order valence-electron chi connectivity index (χ4n) is 1.87. The summed E-state index contributed by atoms with van der Waals surface area (Å²) in [6.07, 6.45) is 0. The molecule has 0 fully saturated rings. The number of aliphatic hydroxyl groups excluding tert-OH is 1. The fourth-order valence-corrected chi connectivity index (χ4v) is 1.99. The summed E-state index contributed by atoms with van der Waals surface area (Å²) in [4.78, 5) is 0. The van der Waals surface area contributed by atoms with Gasteiger partial charge in [0.05, 0.1) is 11.6 Å². The lowest BCUT2D eigenvalue weighted by Crippen LogP contribution is -2.07. The van der Waals surface area contributed by atoms with Crippen molar-refractivity contribution in [2.75, 3.05) is 5.32 Å². The smallest absolute Gasteiger partial charge is 0.142 e. The number of hydrogen-bond donors (Lipinski definition) is 2. The van der Waals surface area contributed by atoms with Gasteiger partial charge in [-0.3, -0.25) is 0 Å². The van der Waals surface area contributed by atoms with Gasteiger partial charge in [0.1, 0.15) is 5.82 Å². The lowest BCUT2D eigenvalue weighted by atomic mass is 10.1. The molecule has 2 aromatic carbocycles. The van der Waals surface area contributed by atoms with E-state index in [1.165, 1.54) is 6.07 Å². The van der Waals surface area contributed by atoms with Crippen molar-refractivity contribution in [3.05, 3.63) is 64.4 Å². The van der Waals surface area contributed by atoms with E-state index in [2.05, 4.69) is 5.32 Å². The Bertz CT molecular complexity index is 574. The third-order valence-electron chi connectivity index (χ3n) is 2.94. The van der Waals surface area contributed by atoms with Crippen molar-refractivity contribution < 1.29 is 9.50 Å². The Hall–Kier alpha value is -1.58. The second-order valence-corrected chi connectivity index (χ2v) is 4.81. The summed E-state index contributed by atoms with van der Waals surface area (Å²) in [7, 11) is 0. The van der Waals surface area contributed by atoms with Gasteiger partial charge in [0.15, 0.2) is 0 Å². The number of hydrogen-bond acceptors (Lipinski definition) is 2. The Balaban J connectivity index is 2.15. The first kappa shape index (κ1) is 13.8. The van der Waals surface area contributed by atoms with Gasteiger partial charge in [0, 0.05) is 11.7 Å². The Labute approximate surface area is 116 Å². The standard InChI is InChI=1S/C15H15ClFNO/c1-10(12-5-6-14(16)15(17)8-12)18-13-4-2-3-11(7-13)9-19/h2-8,10,18-19H,9H2,1H3. The molecule has 0 bridgehead atoms. The highest BCUT2D eigenvalue weighted by Crippen LogP contribution is 2.23. The van der Waals surface area contributed by atoms with E-state index >= 15 is 0 Å². The van der Waals surface area contributed by atoms with Gasteiger partial charge < -0.3 is 10.4 Å². The van der Waals surface area contributed by atoms with E-state index in [1.807, 2.05) is 31.2 Å². The maximum atomic E-state index is 13.4. The predicted octanol–water partition coefficient (Wildman–Crippen LogP) is 4.14. The van der Waals surface area contributed by atoms with Crippen molar-refractivity contribution in [3.8, 4) is 0 Å². The first-order chi connectivity index (χ1) is 9.10. The molecule has 0 aliphatic heterocycles. The quantitative estimate of drug-likeness (QED) is 0.881. The summed E-state index contributed by atoms with van der Waals surface area (Å²) >= 11 is 5.66. The molecule has 1 atom stereocenters. The van der Waals surface area contributed by atoms with Gasteiger partial charge in [-0.15, -0.1) is 0 Å². The highest BCUT2D eigenvalue weighted by molar-refractivity contribution is 6.30. The molecule has 2 nitrogen and oxygen atoms in total. The zero-order valence-electron chi connectivity index (χ0n) is 10.5. The highest BCUT2D eigenvalue weighted by Gasteiger charge is 2.08. The van der Waals surface area contributed by atoms with Crippen molar-refractivity contribution in [3.63, 3.8) is 0 Å². The van der Waals surface area contributed by atoms with E-state index in [0.717, 1.165) is 16.8 Å². The normalized spacial score (nSPS) is 12.2. The second kappa shape index (κ2) is 6.04. The zero-order valence-corrected chi connectivity index (χ0v) is 11.3. The molecule has 0 aromatic heterocycles. The number of halogens is 2. The highest BCUT2D eigenvalue weighted by atomic mass is 35.5. The van der Waals surface area contributed by atoms with E-state index in [0.29, 0.717) is 0 Å². The first-order valence-corrected chi connectivity index (χ1v) is 6.39. The summed E-state index contributed by atoms with van der Waals surface area (Å²) in [5.74, 6) is -0.420. The number of anilines is 1. The Morgan fingerprint density at radius 2 is 2.05 bits per heavy atom. The molecule has 0 amide bonds. The molecule has 0 saturated carbocycles. The van der Waals surface area contributed by atoms with E-state index in [4.69, 9.17) is 16.7 Å². The second-order valence-electron chi connectivity index (χ2n) is 4.40. The Morgan fingerprint density at radius 3 is 2.74 bits per heavy atom. The van der Waals surface area contributed by atoms with Crippen LogP contribution in [0.5, 0.6) is 0 Å². The summed E-state index contributed by atoms with van der Waals surface area (Å²) in [5, 5.41) is 12.5. The summed E-state index contributed by atoms with van der Waals surface area (Å²) in [6.45, 7) is 1.94. The lowest BCUT2D eigenvalue weighted by molar-refractivity contribution is 0.282. The molecule has 19 heavy (non-hydrogen) atoms. The maximum absolute atomic E-state index is 13.4. The molecule has 1 unspecified atom stereocenters. The van der Waals surface area contributed by atoms with Crippen LogP contribution < -0.4 is 5.32 Å². The average Bonchev–Trinajstić information content (AvgIpc) is 2.42. The van der Waals surface area contributed by atoms with Crippen LogP contribution in [-0.2, 0) is 6.61 Å². The molecular weight excluding hydrogens is 265 g/mol. The number of rotatable bonds is 4. The van der Waals surface area contributed by atoms with Crippen LogP contribution in [0, 0.1) is 5.82 Å². The topological polar surface area (TPSA) is 32.3 Å². The SMILES string of the molecule is CC(Nc1cccc(CO)c1)c1ccc(Cl)c(F)c1. The number of nitrogens with one attached hydrogen (secondary N) is 1. The first-order valence-electron chi connectivity index (χ1n) is 6.01. The van der Waals surface area contributed by atoms with Crippen molar-refractivity contribution in [1.29, 1.82) is 0 Å². The predicted molar refractivity (Wildman–Crippen MR) is 75.8 cm³/mol. The molecule has 4 heteroatoms. The van der Waals surface area contributed by atoms with Gasteiger partial charge >= 0.3 is 0 Å². The monoisotopic (exact) mass is 279 g/mol. The van der Waals surface area contributed by atoms with Gasteiger partial charge in [0.25, 0.3) is 0 Å². The third-order valence-corrected chi connectivity index (χ3v) is 3.24. The van der Waals surface area contributed by atoms with Crippen LogP contribution in [-0.4, -0.2) is 5.11 Å². The summed E-state index contributed by atoms with van der Waals surface area (Å²) in [6, 6.07) is 12.2. The van der Waals surface area contributed by atoms with Crippen molar-refractivity contribution in [2.24, 2.45) is 0 Å². The molecule has 2 aromatic rings. The van der Waals surface area contributed by atoms with Gasteiger partial charge in [-0.2, -0.15) is 0 Å². The number of benzene rings is 2. The van der Waals surface area contributed by atoms with Gasteiger partial charge in [-0.05, 0) is 42.3 Å². The molecule has 0 aliphatic rings. The molecule has 0 heterocycles. The van der Waals surface area contributed by atoms with Gasteiger partial charge in [-0.25, -0.2) is 4.39 Å². The van der Waals surface area contributed by atoms with Crippen LogP contribution in [0.3, 0.4) is 0 Å². The molecule has 100 valence electrons. The Morgan fingerprint density at radius 1 is 1.26 bits per heavy atom. The fraction of sp³-hybridized carbons (Fsp3) is 0.200. The molecule has 0 aliphatic carbocycles.